The first kappa shape index (κ1) is 12.5. The summed E-state index contributed by atoms with van der Waals surface area (Å²) < 4.78 is 15.7. The number of methoxy groups -OCH3 is 2. The Kier molecular flexibility index (Phi) is 6.39. The third-order valence-corrected chi connectivity index (χ3v) is 2.45. The van der Waals surface area contributed by atoms with Crippen molar-refractivity contribution in [1.29, 1.82) is 0 Å². The Morgan fingerprint density at radius 2 is 2.40 bits per heavy atom. The lowest BCUT2D eigenvalue weighted by molar-refractivity contribution is 0.0261. The average Bonchev–Trinajstić information content (AvgIpc) is 2.29. The van der Waals surface area contributed by atoms with Crippen molar-refractivity contribution in [1.82, 2.24) is 5.32 Å². The van der Waals surface area contributed by atoms with Crippen molar-refractivity contribution in [3.05, 3.63) is 12.3 Å². The van der Waals surface area contributed by atoms with Crippen LogP contribution in [-0.2, 0) is 14.2 Å². The molecule has 0 aliphatic carbocycles. The normalized spacial score (nSPS) is 22.4. The number of hydrogen-bond acceptors (Lipinski definition) is 4. The van der Waals surface area contributed by atoms with Crippen LogP contribution in [0, 0.1) is 0 Å². The van der Waals surface area contributed by atoms with E-state index in [9.17, 15) is 0 Å². The van der Waals surface area contributed by atoms with E-state index in [0.717, 1.165) is 25.9 Å². The van der Waals surface area contributed by atoms with Crippen molar-refractivity contribution in [2.75, 3.05) is 33.9 Å². The smallest absolute Gasteiger partial charge is 0.110 e. The van der Waals surface area contributed by atoms with E-state index < -0.39 is 0 Å². The topological polar surface area (TPSA) is 39.7 Å². The van der Waals surface area contributed by atoms with Gasteiger partial charge in [-0.15, -0.1) is 0 Å². The van der Waals surface area contributed by atoms with Crippen LogP contribution in [0.3, 0.4) is 0 Å². The summed E-state index contributed by atoms with van der Waals surface area (Å²) in [6, 6.07) is 0. The minimum Gasteiger partial charge on any atom is -0.497 e. The molecule has 4 heteroatoms. The molecule has 0 radical (unpaired) electrons. The molecule has 1 N–H and O–H groups in total. The van der Waals surface area contributed by atoms with Crippen molar-refractivity contribution in [2.45, 2.75) is 25.0 Å². The van der Waals surface area contributed by atoms with E-state index in [2.05, 4.69) is 11.4 Å². The number of allylic oxidation sites excluding steroid dienone is 1. The fourth-order valence-electron chi connectivity index (χ4n) is 1.54. The molecule has 2 unspecified atom stereocenters. The van der Waals surface area contributed by atoms with Crippen LogP contribution in [0.4, 0.5) is 0 Å². The van der Waals surface area contributed by atoms with Gasteiger partial charge in [0.2, 0.25) is 0 Å². The van der Waals surface area contributed by atoms with Gasteiger partial charge in [-0.25, -0.2) is 0 Å². The lowest BCUT2D eigenvalue weighted by atomic mass is 10.1. The predicted molar refractivity (Wildman–Crippen MR) is 58.8 cm³/mol. The average molecular weight is 215 g/mol. The van der Waals surface area contributed by atoms with Gasteiger partial charge < -0.3 is 19.5 Å². The van der Waals surface area contributed by atoms with Gasteiger partial charge in [0.15, 0.2) is 0 Å². The van der Waals surface area contributed by atoms with Crippen molar-refractivity contribution in [3.63, 3.8) is 0 Å². The first-order valence-corrected chi connectivity index (χ1v) is 5.39. The molecule has 0 bridgehead atoms. The van der Waals surface area contributed by atoms with Crippen LogP contribution in [0.1, 0.15) is 12.8 Å². The molecule has 2 atom stereocenters. The van der Waals surface area contributed by atoms with Gasteiger partial charge in [0, 0.05) is 27.3 Å². The van der Waals surface area contributed by atoms with Gasteiger partial charge in [-0.2, -0.15) is 0 Å². The van der Waals surface area contributed by atoms with E-state index >= 15 is 0 Å². The molecule has 1 heterocycles. The molecule has 0 aromatic rings. The second kappa shape index (κ2) is 7.68. The Balaban J connectivity index is 2.06. The van der Waals surface area contributed by atoms with Crippen molar-refractivity contribution in [2.24, 2.45) is 0 Å². The van der Waals surface area contributed by atoms with Crippen LogP contribution >= 0.6 is 0 Å². The molecular formula is C11H21NO3. The summed E-state index contributed by atoms with van der Waals surface area (Å²) >= 11 is 0. The van der Waals surface area contributed by atoms with Crippen LogP contribution in [-0.4, -0.2) is 46.1 Å². The van der Waals surface area contributed by atoms with E-state index in [4.69, 9.17) is 14.2 Å². The first-order chi connectivity index (χ1) is 7.36. The first-order valence-electron chi connectivity index (χ1n) is 5.39. The summed E-state index contributed by atoms with van der Waals surface area (Å²) in [5.41, 5.74) is 0. The predicted octanol–water partition coefficient (Wildman–Crippen LogP) is 0.930. The quantitative estimate of drug-likeness (QED) is 0.686. The third-order valence-electron chi connectivity index (χ3n) is 2.45. The Hall–Kier alpha value is -0.580. The SMILES string of the molecule is COCC(CNCC1CCC=CO1)OC. The zero-order valence-corrected chi connectivity index (χ0v) is 9.57. The van der Waals surface area contributed by atoms with E-state index in [1.54, 1.807) is 20.5 Å². The minimum absolute atomic E-state index is 0.120. The van der Waals surface area contributed by atoms with Crippen LogP contribution in [0.2, 0.25) is 0 Å². The molecule has 4 nitrogen and oxygen atoms in total. The highest BCUT2D eigenvalue weighted by Crippen LogP contribution is 2.08. The van der Waals surface area contributed by atoms with Crippen LogP contribution in [0.5, 0.6) is 0 Å². The van der Waals surface area contributed by atoms with Crippen molar-refractivity contribution >= 4 is 0 Å². The van der Waals surface area contributed by atoms with E-state index in [-0.39, 0.29) is 6.10 Å². The highest BCUT2D eigenvalue weighted by Gasteiger charge is 2.12. The number of rotatable bonds is 7. The van der Waals surface area contributed by atoms with Crippen LogP contribution in [0.25, 0.3) is 0 Å². The zero-order chi connectivity index (χ0) is 10.9. The largest absolute Gasteiger partial charge is 0.497 e. The van der Waals surface area contributed by atoms with Gasteiger partial charge in [-0.05, 0) is 18.9 Å². The standard InChI is InChI=1S/C11H21NO3/c1-13-9-11(14-2)8-12-7-10-5-3-4-6-15-10/h4,6,10-12H,3,5,7-9H2,1-2H3. The molecule has 0 aromatic carbocycles. The number of nitrogens with one attached hydrogen (secondary N) is 1. The Labute approximate surface area is 91.6 Å². The van der Waals surface area contributed by atoms with E-state index in [0.29, 0.717) is 12.7 Å². The maximum absolute atomic E-state index is 5.44. The van der Waals surface area contributed by atoms with Gasteiger partial charge >= 0.3 is 0 Å². The maximum atomic E-state index is 5.44. The van der Waals surface area contributed by atoms with Crippen molar-refractivity contribution in [3.8, 4) is 0 Å². The number of hydrogen-bond donors (Lipinski definition) is 1. The fraction of sp³-hybridized carbons (Fsp3) is 0.818. The molecule has 0 saturated carbocycles. The summed E-state index contributed by atoms with van der Waals surface area (Å²) in [5.74, 6) is 0. The van der Waals surface area contributed by atoms with E-state index in [1.165, 1.54) is 0 Å². The lowest BCUT2D eigenvalue weighted by Gasteiger charge is -2.21. The zero-order valence-electron chi connectivity index (χ0n) is 9.57. The van der Waals surface area contributed by atoms with Gasteiger partial charge in [-0.1, -0.05) is 0 Å². The molecular weight excluding hydrogens is 194 g/mol. The second-order valence-corrected chi connectivity index (χ2v) is 3.68. The fourth-order valence-corrected chi connectivity index (χ4v) is 1.54. The molecule has 15 heavy (non-hydrogen) atoms. The Morgan fingerprint density at radius 1 is 1.53 bits per heavy atom. The summed E-state index contributed by atoms with van der Waals surface area (Å²) in [6.45, 7) is 2.29. The van der Waals surface area contributed by atoms with E-state index in [1.807, 2.05) is 0 Å². The van der Waals surface area contributed by atoms with Crippen molar-refractivity contribution < 1.29 is 14.2 Å². The molecule has 0 amide bonds. The summed E-state index contributed by atoms with van der Waals surface area (Å²) in [7, 11) is 3.38. The third kappa shape index (κ3) is 5.16. The molecule has 1 rings (SSSR count). The molecule has 0 spiro atoms. The second-order valence-electron chi connectivity index (χ2n) is 3.68. The molecule has 1 aliphatic rings. The molecule has 1 aliphatic heterocycles. The Morgan fingerprint density at radius 3 is 3.00 bits per heavy atom. The summed E-state index contributed by atoms with van der Waals surface area (Å²) in [4.78, 5) is 0. The van der Waals surface area contributed by atoms with Crippen LogP contribution in [0.15, 0.2) is 12.3 Å². The maximum Gasteiger partial charge on any atom is 0.110 e. The highest BCUT2D eigenvalue weighted by atomic mass is 16.5. The lowest BCUT2D eigenvalue weighted by Crippen LogP contribution is -2.37. The van der Waals surface area contributed by atoms with Crippen LogP contribution < -0.4 is 5.32 Å². The molecule has 0 saturated heterocycles. The molecule has 0 aromatic heterocycles. The monoisotopic (exact) mass is 215 g/mol. The highest BCUT2D eigenvalue weighted by molar-refractivity contribution is 4.83. The van der Waals surface area contributed by atoms with Gasteiger partial charge in [0.05, 0.1) is 19.0 Å². The number of ether oxygens (including phenoxy) is 3. The summed E-state index contributed by atoms with van der Waals surface area (Å²) in [5, 5.41) is 3.33. The molecule has 0 fully saturated rings. The minimum atomic E-state index is 0.120. The summed E-state index contributed by atoms with van der Waals surface area (Å²) in [6.07, 6.45) is 6.46. The van der Waals surface area contributed by atoms with Gasteiger partial charge in [-0.3, -0.25) is 0 Å². The van der Waals surface area contributed by atoms with Gasteiger partial charge in [0.1, 0.15) is 6.10 Å². The Bertz CT molecular complexity index is 185. The molecule has 88 valence electrons. The van der Waals surface area contributed by atoms with Gasteiger partial charge in [0.25, 0.3) is 0 Å².